The molecule has 30 heavy (non-hydrogen) atoms. The molecule has 3 heterocycles. The molecule has 0 spiro atoms. The van der Waals surface area contributed by atoms with Gasteiger partial charge in [0.25, 0.3) is 5.91 Å². The number of nitrogens with two attached hydrogens (primary N) is 2. The Bertz CT molecular complexity index is 1070. The van der Waals surface area contributed by atoms with Crippen LogP contribution >= 0.6 is 23.4 Å². The molecule has 3 aromatic rings. The molecule has 0 radical (unpaired) electrons. The van der Waals surface area contributed by atoms with Crippen LogP contribution in [0, 0.1) is 0 Å². The van der Waals surface area contributed by atoms with E-state index < -0.39 is 5.25 Å². The minimum atomic E-state index is -0.517. The van der Waals surface area contributed by atoms with E-state index in [0.717, 1.165) is 11.3 Å². The van der Waals surface area contributed by atoms with Crippen molar-refractivity contribution in [2.75, 3.05) is 11.5 Å². The molecule has 0 unspecified atom stereocenters. The number of thioether (sulfide) groups is 1. The molecule has 4 rings (SSSR count). The second kappa shape index (κ2) is 8.37. The predicted octanol–water partition coefficient (Wildman–Crippen LogP) is 3.75. The van der Waals surface area contributed by atoms with Gasteiger partial charge in [-0.1, -0.05) is 35.5 Å². The van der Waals surface area contributed by atoms with Crippen molar-refractivity contribution in [3.8, 4) is 0 Å². The highest BCUT2D eigenvalue weighted by atomic mass is 35.5. The monoisotopic (exact) mass is 442 g/mol. The summed E-state index contributed by atoms with van der Waals surface area (Å²) >= 11 is 7.17. The summed E-state index contributed by atoms with van der Waals surface area (Å²) in [5.41, 5.74) is 13.1. The third-order valence-corrected chi connectivity index (χ3v) is 5.76. The van der Waals surface area contributed by atoms with Gasteiger partial charge in [-0.25, -0.2) is 15.0 Å². The number of furan rings is 1. The number of nitrogens with zero attached hydrogens (tertiary/aromatic N) is 4. The number of hydrogen-bond acceptors (Lipinski definition) is 8. The zero-order valence-electron chi connectivity index (χ0n) is 16.0. The van der Waals surface area contributed by atoms with Gasteiger partial charge >= 0.3 is 0 Å². The first kappa shape index (κ1) is 20.2. The Kier molecular flexibility index (Phi) is 5.65. The maximum atomic E-state index is 13.3. The van der Waals surface area contributed by atoms with Crippen LogP contribution in [0.3, 0.4) is 0 Å². The maximum Gasteiger partial charge on any atom is 0.256 e. The molecule has 0 bridgehead atoms. The van der Waals surface area contributed by atoms with E-state index in [9.17, 15) is 4.79 Å². The van der Waals surface area contributed by atoms with Gasteiger partial charge in [0, 0.05) is 17.5 Å². The number of rotatable bonds is 5. The third-order valence-electron chi connectivity index (χ3n) is 4.56. The first-order valence-electron chi connectivity index (χ1n) is 9.17. The van der Waals surface area contributed by atoms with Gasteiger partial charge in [-0.15, -0.1) is 0 Å². The Hall–Kier alpha value is -3.04. The third kappa shape index (κ3) is 4.27. The van der Waals surface area contributed by atoms with Crippen LogP contribution in [0.15, 0.2) is 63.4 Å². The van der Waals surface area contributed by atoms with E-state index >= 15 is 0 Å². The van der Waals surface area contributed by atoms with E-state index in [-0.39, 0.29) is 23.6 Å². The molecular weight excluding hydrogens is 424 g/mol. The number of hydrogen-bond donors (Lipinski definition) is 2. The van der Waals surface area contributed by atoms with E-state index in [4.69, 9.17) is 27.5 Å². The molecule has 0 aliphatic carbocycles. The lowest BCUT2D eigenvalue weighted by Gasteiger charge is -2.22. The number of halogens is 1. The number of benzene rings is 1. The lowest BCUT2D eigenvalue weighted by atomic mass is 10.0. The fourth-order valence-corrected chi connectivity index (χ4v) is 4.11. The van der Waals surface area contributed by atoms with Crippen molar-refractivity contribution in [2.24, 2.45) is 5.10 Å². The number of amides is 1. The Morgan fingerprint density at radius 3 is 2.57 bits per heavy atom. The number of carbonyl (C=O) groups excluding carboxylic acids is 1. The highest BCUT2D eigenvalue weighted by molar-refractivity contribution is 8.00. The summed E-state index contributed by atoms with van der Waals surface area (Å²) in [6, 6.07) is 12.1. The van der Waals surface area contributed by atoms with E-state index in [2.05, 4.69) is 15.1 Å². The fraction of sp³-hybridized carbons (Fsp3) is 0.200. The Labute approximate surface area is 182 Å². The molecule has 0 fully saturated rings. The molecule has 2 atom stereocenters. The number of carbonyl (C=O) groups is 1. The van der Waals surface area contributed by atoms with Crippen molar-refractivity contribution >= 4 is 46.6 Å². The van der Waals surface area contributed by atoms with Gasteiger partial charge < -0.3 is 15.9 Å². The van der Waals surface area contributed by atoms with Gasteiger partial charge in [-0.05, 0) is 36.8 Å². The summed E-state index contributed by atoms with van der Waals surface area (Å²) in [6.07, 6.45) is 2.11. The van der Waals surface area contributed by atoms with Crippen LogP contribution in [0.25, 0.3) is 0 Å². The van der Waals surface area contributed by atoms with Gasteiger partial charge in [0.05, 0.1) is 17.2 Å². The molecule has 10 heteroatoms. The van der Waals surface area contributed by atoms with Crippen LogP contribution in [0.2, 0.25) is 5.02 Å². The summed E-state index contributed by atoms with van der Waals surface area (Å²) < 4.78 is 5.58. The van der Waals surface area contributed by atoms with Crippen molar-refractivity contribution in [2.45, 2.75) is 29.8 Å². The minimum absolute atomic E-state index is 0.199. The van der Waals surface area contributed by atoms with Crippen LogP contribution < -0.4 is 11.5 Å². The lowest BCUT2D eigenvalue weighted by molar-refractivity contribution is -0.132. The molecule has 0 saturated heterocycles. The van der Waals surface area contributed by atoms with E-state index in [0.29, 0.717) is 22.4 Å². The average molecular weight is 443 g/mol. The Balaban J connectivity index is 1.60. The van der Waals surface area contributed by atoms with Gasteiger partial charge in [-0.3, -0.25) is 4.79 Å². The second-order valence-electron chi connectivity index (χ2n) is 6.73. The number of hydrazone groups is 1. The van der Waals surface area contributed by atoms with Crippen molar-refractivity contribution in [3.05, 3.63) is 65.1 Å². The predicted molar refractivity (Wildman–Crippen MR) is 117 cm³/mol. The van der Waals surface area contributed by atoms with Crippen molar-refractivity contribution in [3.63, 3.8) is 0 Å². The molecule has 0 saturated carbocycles. The number of nitrogen functional groups attached to an aromatic ring is 2. The quantitative estimate of drug-likeness (QED) is 0.455. The highest BCUT2D eigenvalue weighted by Crippen LogP contribution is 2.35. The van der Waals surface area contributed by atoms with Crippen LogP contribution in [-0.4, -0.2) is 31.8 Å². The van der Waals surface area contributed by atoms with Gasteiger partial charge in [0.2, 0.25) is 0 Å². The Morgan fingerprint density at radius 1 is 1.23 bits per heavy atom. The zero-order chi connectivity index (χ0) is 21.3. The molecule has 1 amide bonds. The Morgan fingerprint density at radius 2 is 1.93 bits per heavy atom. The maximum absolute atomic E-state index is 13.3. The van der Waals surface area contributed by atoms with Crippen molar-refractivity contribution < 1.29 is 9.21 Å². The molecule has 1 aromatic carbocycles. The second-order valence-corrected chi connectivity index (χ2v) is 8.48. The van der Waals surface area contributed by atoms with Gasteiger partial charge in [0.1, 0.15) is 23.4 Å². The van der Waals surface area contributed by atoms with Crippen molar-refractivity contribution in [1.29, 1.82) is 0 Å². The van der Waals surface area contributed by atoms with Crippen LogP contribution in [0.1, 0.15) is 30.7 Å². The molecular formula is C20H19ClN6O2S. The summed E-state index contributed by atoms with van der Waals surface area (Å²) in [4.78, 5) is 21.5. The van der Waals surface area contributed by atoms with Crippen molar-refractivity contribution in [1.82, 2.24) is 15.0 Å². The topological polar surface area (TPSA) is 124 Å². The smallest absolute Gasteiger partial charge is 0.256 e. The summed E-state index contributed by atoms with van der Waals surface area (Å²) in [6.45, 7) is 1.77. The largest absolute Gasteiger partial charge is 0.467 e. The normalized spacial score (nSPS) is 17.1. The number of anilines is 2. The summed E-state index contributed by atoms with van der Waals surface area (Å²) in [5, 5.41) is 6.54. The van der Waals surface area contributed by atoms with Crippen LogP contribution in [0.4, 0.5) is 11.6 Å². The summed E-state index contributed by atoms with van der Waals surface area (Å²) in [5.74, 6) is 0.970. The molecule has 2 aromatic heterocycles. The standard InChI is InChI=1S/C20H19ClN6O2S/c1-11(30-20-24-17(22)10-18(23)25-20)19(28)27-15(16-3-2-8-29-16)9-14(26-27)12-4-6-13(21)7-5-12/h2-8,10-11,15H,9H2,1H3,(H4,22,23,24,25)/t11-,15+/m0/s1. The lowest BCUT2D eigenvalue weighted by Crippen LogP contribution is -2.33. The van der Waals surface area contributed by atoms with Crippen LogP contribution in [-0.2, 0) is 4.79 Å². The van der Waals surface area contributed by atoms with Gasteiger partial charge in [0.15, 0.2) is 5.16 Å². The summed E-state index contributed by atoms with van der Waals surface area (Å²) in [7, 11) is 0. The van der Waals surface area contributed by atoms with E-state index in [1.807, 2.05) is 18.2 Å². The van der Waals surface area contributed by atoms with Gasteiger partial charge in [-0.2, -0.15) is 5.10 Å². The fourth-order valence-electron chi connectivity index (χ4n) is 3.14. The molecule has 8 nitrogen and oxygen atoms in total. The first-order chi connectivity index (χ1) is 14.4. The molecule has 1 aliphatic heterocycles. The van der Waals surface area contributed by atoms with Crippen LogP contribution in [0.5, 0.6) is 0 Å². The van der Waals surface area contributed by atoms with E-state index in [1.54, 1.807) is 31.4 Å². The highest BCUT2D eigenvalue weighted by Gasteiger charge is 2.37. The van der Waals surface area contributed by atoms with E-state index in [1.165, 1.54) is 22.8 Å². The first-order valence-corrected chi connectivity index (χ1v) is 10.4. The molecule has 1 aliphatic rings. The minimum Gasteiger partial charge on any atom is -0.467 e. The molecule has 154 valence electrons. The molecule has 4 N–H and O–H groups in total. The zero-order valence-corrected chi connectivity index (χ0v) is 17.6. The number of aromatic nitrogens is 2. The average Bonchev–Trinajstić information content (AvgIpc) is 3.37. The SMILES string of the molecule is C[C@H](Sc1nc(N)cc(N)n1)C(=O)N1N=C(c2ccc(Cl)cc2)C[C@@H]1c1ccco1.